The molecule has 19 heavy (non-hydrogen) atoms. The van der Waals surface area contributed by atoms with Gasteiger partial charge in [-0.1, -0.05) is 34.8 Å². The van der Waals surface area contributed by atoms with Gasteiger partial charge in [-0.2, -0.15) is 0 Å². The molecule has 1 N–H and O–H groups in total. The number of nitrogens with one attached hydrogen (secondary N) is 1. The van der Waals surface area contributed by atoms with Crippen LogP contribution in [0.3, 0.4) is 0 Å². The number of rotatable bonds is 4. The highest BCUT2D eigenvalue weighted by atomic mass is 35.5. The summed E-state index contributed by atoms with van der Waals surface area (Å²) >= 11 is 19.1. The summed E-state index contributed by atoms with van der Waals surface area (Å²) in [7, 11) is 0. The minimum absolute atomic E-state index is 0.0333. The van der Waals surface area contributed by atoms with E-state index in [1.807, 2.05) is 19.1 Å². The van der Waals surface area contributed by atoms with E-state index >= 15 is 0 Å². The molecule has 0 bridgehead atoms. The van der Waals surface area contributed by atoms with Crippen molar-refractivity contribution >= 4 is 46.1 Å². The molecule has 1 unspecified atom stereocenters. The summed E-state index contributed by atoms with van der Waals surface area (Å²) in [5, 5.41) is 3.76. The third kappa shape index (κ3) is 3.83. The second-order valence-electron chi connectivity index (χ2n) is 4.10. The molecule has 0 aliphatic carbocycles. The molecule has 0 saturated heterocycles. The fourth-order valence-corrected chi connectivity index (χ4v) is 3.27. The van der Waals surface area contributed by atoms with Crippen LogP contribution < -0.4 is 5.32 Å². The zero-order valence-electron chi connectivity index (χ0n) is 10.0. The van der Waals surface area contributed by atoms with E-state index in [1.165, 1.54) is 23.5 Å². The first-order valence-electron chi connectivity index (χ1n) is 5.59. The Bertz CT molecular complexity index is 585. The summed E-state index contributed by atoms with van der Waals surface area (Å²) in [5.41, 5.74) is 0.686. The van der Waals surface area contributed by atoms with Crippen LogP contribution in [0, 0.1) is 5.82 Å². The predicted molar refractivity (Wildman–Crippen MR) is 81.0 cm³/mol. The maximum Gasteiger partial charge on any atom is 0.142 e. The molecule has 1 nitrogen and oxygen atoms in total. The zero-order valence-corrected chi connectivity index (χ0v) is 13.1. The summed E-state index contributed by atoms with van der Waals surface area (Å²) < 4.78 is 14.2. The van der Waals surface area contributed by atoms with Crippen molar-refractivity contribution in [2.24, 2.45) is 0 Å². The quantitative estimate of drug-likeness (QED) is 0.705. The summed E-state index contributed by atoms with van der Waals surface area (Å²) in [4.78, 5) is 1.11. The molecular weight excluding hydrogens is 328 g/mol. The molecule has 1 heterocycles. The van der Waals surface area contributed by atoms with Gasteiger partial charge in [-0.05, 0) is 36.8 Å². The van der Waals surface area contributed by atoms with E-state index in [0.717, 1.165) is 9.21 Å². The van der Waals surface area contributed by atoms with Crippen LogP contribution in [0.15, 0.2) is 24.3 Å². The SMILES string of the molecule is CC(NCc1ccc(Cl)s1)c1cc(F)c(Cl)cc1Cl. The Morgan fingerprint density at radius 3 is 2.58 bits per heavy atom. The highest BCUT2D eigenvalue weighted by Gasteiger charge is 2.13. The minimum Gasteiger partial charge on any atom is -0.305 e. The second-order valence-corrected chi connectivity index (χ2v) is 6.71. The van der Waals surface area contributed by atoms with Crippen molar-refractivity contribution < 1.29 is 4.39 Å². The van der Waals surface area contributed by atoms with Crippen LogP contribution in [0.5, 0.6) is 0 Å². The van der Waals surface area contributed by atoms with E-state index in [9.17, 15) is 4.39 Å². The lowest BCUT2D eigenvalue weighted by Gasteiger charge is -2.15. The van der Waals surface area contributed by atoms with Crippen LogP contribution in [-0.4, -0.2) is 0 Å². The molecule has 2 aromatic rings. The van der Waals surface area contributed by atoms with E-state index in [1.54, 1.807) is 0 Å². The highest BCUT2D eigenvalue weighted by molar-refractivity contribution is 7.16. The Kier molecular flexibility index (Phi) is 5.09. The van der Waals surface area contributed by atoms with Crippen molar-refractivity contribution in [1.29, 1.82) is 0 Å². The van der Waals surface area contributed by atoms with Crippen molar-refractivity contribution in [3.63, 3.8) is 0 Å². The molecule has 0 amide bonds. The predicted octanol–water partition coefficient (Wildman–Crippen LogP) is 5.70. The fraction of sp³-hybridized carbons (Fsp3) is 0.231. The lowest BCUT2D eigenvalue weighted by atomic mass is 10.1. The smallest absolute Gasteiger partial charge is 0.142 e. The summed E-state index contributed by atoms with van der Waals surface area (Å²) in [6.07, 6.45) is 0. The Labute approximate surface area is 130 Å². The van der Waals surface area contributed by atoms with Gasteiger partial charge in [0.1, 0.15) is 5.82 Å². The molecule has 1 atom stereocenters. The summed E-state index contributed by atoms with van der Waals surface area (Å²) in [5.74, 6) is -0.464. The van der Waals surface area contributed by atoms with Crippen molar-refractivity contribution in [1.82, 2.24) is 5.32 Å². The zero-order chi connectivity index (χ0) is 14.0. The minimum atomic E-state index is -0.464. The first-order valence-corrected chi connectivity index (χ1v) is 7.54. The summed E-state index contributed by atoms with van der Waals surface area (Å²) in [6.45, 7) is 2.57. The van der Waals surface area contributed by atoms with Gasteiger partial charge in [0.15, 0.2) is 0 Å². The van der Waals surface area contributed by atoms with Gasteiger partial charge in [-0.3, -0.25) is 0 Å². The van der Waals surface area contributed by atoms with Crippen molar-refractivity contribution in [2.45, 2.75) is 19.5 Å². The number of hydrogen-bond donors (Lipinski definition) is 1. The normalized spacial score (nSPS) is 12.7. The number of halogens is 4. The third-order valence-corrected chi connectivity index (χ3v) is 4.57. The Balaban J connectivity index is 2.07. The van der Waals surface area contributed by atoms with Gasteiger partial charge in [0.05, 0.1) is 9.36 Å². The molecular formula is C13H11Cl3FNS. The monoisotopic (exact) mass is 337 g/mol. The van der Waals surface area contributed by atoms with Crippen LogP contribution in [0.1, 0.15) is 23.4 Å². The van der Waals surface area contributed by atoms with Gasteiger partial charge in [-0.15, -0.1) is 11.3 Å². The van der Waals surface area contributed by atoms with Gasteiger partial charge in [-0.25, -0.2) is 4.39 Å². The van der Waals surface area contributed by atoms with Crippen LogP contribution in [0.2, 0.25) is 14.4 Å². The van der Waals surface area contributed by atoms with E-state index in [-0.39, 0.29) is 11.1 Å². The van der Waals surface area contributed by atoms with Crippen LogP contribution in [0.25, 0.3) is 0 Å². The van der Waals surface area contributed by atoms with E-state index in [2.05, 4.69) is 5.32 Å². The molecule has 1 aromatic carbocycles. The topological polar surface area (TPSA) is 12.0 Å². The summed E-state index contributed by atoms with van der Waals surface area (Å²) in [6, 6.07) is 6.51. The lowest BCUT2D eigenvalue weighted by Crippen LogP contribution is -2.18. The maximum absolute atomic E-state index is 13.5. The molecule has 0 fully saturated rings. The van der Waals surface area contributed by atoms with Crippen LogP contribution in [0.4, 0.5) is 4.39 Å². The average Bonchev–Trinajstić information content (AvgIpc) is 2.77. The van der Waals surface area contributed by atoms with Gasteiger partial charge in [0, 0.05) is 22.5 Å². The van der Waals surface area contributed by atoms with Crippen molar-refractivity contribution in [3.05, 3.63) is 54.9 Å². The van der Waals surface area contributed by atoms with Gasteiger partial charge < -0.3 is 5.32 Å². The van der Waals surface area contributed by atoms with Crippen molar-refractivity contribution in [3.8, 4) is 0 Å². The molecule has 6 heteroatoms. The van der Waals surface area contributed by atoms with E-state index in [0.29, 0.717) is 17.1 Å². The van der Waals surface area contributed by atoms with Gasteiger partial charge in [0.2, 0.25) is 0 Å². The number of benzene rings is 1. The van der Waals surface area contributed by atoms with Gasteiger partial charge in [0.25, 0.3) is 0 Å². The largest absolute Gasteiger partial charge is 0.305 e. The molecule has 1 aromatic heterocycles. The first-order chi connectivity index (χ1) is 8.97. The standard InChI is InChI=1S/C13H11Cl3FNS/c1-7(18-6-8-2-3-13(16)19-8)9-4-12(17)11(15)5-10(9)14/h2-5,7,18H,6H2,1H3. The molecule has 0 saturated carbocycles. The van der Waals surface area contributed by atoms with E-state index in [4.69, 9.17) is 34.8 Å². The number of thiophene rings is 1. The van der Waals surface area contributed by atoms with E-state index < -0.39 is 5.82 Å². The third-order valence-electron chi connectivity index (χ3n) is 2.72. The fourth-order valence-electron chi connectivity index (χ4n) is 1.68. The number of hydrogen-bond acceptors (Lipinski definition) is 2. The van der Waals surface area contributed by atoms with Crippen LogP contribution in [-0.2, 0) is 6.54 Å². The highest BCUT2D eigenvalue weighted by Crippen LogP contribution is 2.29. The van der Waals surface area contributed by atoms with Crippen molar-refractivity contribution in [2.75, 3.05) is 0 Å². The molecule has 0 radical (unpaired) electrons. The molecule has 0 aliphatic rings. The maximum atomic E-state index is 13.5. The first kappa shape index (κ1) is 15.1. The Morgan fingerprint density at radius 2 is 1.95 bits per heavy atom. The lowest BCUT2D eigenvalue weighted by molar-refractivity contribution is 0.568. The Morgan fingerprint density at radius 1 is 1.21 bits per heavy atom. The Hall–Kier alpha value is -0.320. The van der Waals surface area contributed by atoms with Gasteiger partial charge >= 0.3 is 0 Å². The molecule has 0 spiro atoms. The molecule has 102 valence electrons. The van der Waals surface area contributed by atoms with Crippen LogP contribution >= 0.6 is 46.1 Å². The second kappa shape index (κ2) is 6.42. The molecule has 2 rings (SSSR count). The average molecular weight is 339 g/mol. The molecule has 0 aliphatic heterocycles.